The van der Waals surface area contributed by atoms with Crippen LogP contribution in [0.4, 0.5) is 15.1 Å². The van der Waals surface area contributed by atoms with Crippen LogP contribution in [0.25, 0.3) is 33.4 Å². The number of aromatic nitrogens is 4. The zero-order valence-electron chi connectivity index (χ0n) is 20.1. The number of benzene rings is 1. The Hall–Kier alpha value is -3.89. The summed E-state index contributed by atoms with van der Waals surface area (Å²) in [6.45, 7) is 6.84. The van der Waals surface area contributed by atoms with Crippen molar-refractivity contribution in [3.8, 4) is 22.4 Å². The Bertz CT molecular complexity index is 1350. The first-order valence-electron chi connectivity index (χ1n) is 12.1. The number of amides is 1. The number of anilines is 1. The van der Waals surface area contributed by atoms with E-state index in [1.807, 2.05) is 30.5 Å². The molecule has 0 bridgehead atoms. The van der Waals surface area contributed by atoms with Crippen molar-refractivity contribution in [3.05, 3.63) is 60.3 Å². The maximum Gasteiger partial charge on any atom is 0.413 e. The molecule has 4 heterocycles. The van der Waals surface area contributed by atoms with Crippen LogP contribution < -0.4 is 10.6 Å². The first-order chi connectivity index (χ1) is 17.6. The molecule has 5 rings (SSSR count). The molecule has 1 aliphatic rings. The van der Waals surface area contributed by atoms with Gasteiger partial charge in [-0.25, -0.2) is 14.2 Å². The lowest BCUT2D eigenvalue weighted by atomic mass is 10.0. The molecule has 0 saturated carbocycles. The van der Waals surface area contributed by atoms with Gasteiger partial charge in [-0.05, 0) is 62.3 Å². The summed E-state index contributed by atoms with van der Waals surface area (Å²) in [7, 11) is 0. The lowest BCUT2D eigenvalue weighted by Gasteiger charge is -2.18. The molecule has 186 valence electrons. The van der Waals surface area contributed by atoms with Crippen LogP contribution in [-0.2, 0) is 11.3 Å². The van der Waals surface area contributed by atoms with Gasteiger partial charge in [-0.1, -0.05) is 6.07 Å². The lowest BCUT2D eigenvalue weighted by Crippen LogP contribution is -2.27. The van der Waals surface area contributed by atoms with Gasteiger partial charge in [-0.3, -0.25) is 20.2 Å². The Labute approximate surface area is 208 Å². The Morgan fingerprint density at radius 1 is 1.17 bits per heavy atom. The second-order valence-corrected chi connectivity index (χ2v) is 8.60. The third-order valence-corrected chi connectivity index (χ3v) is 6.07. The van der Waals surface area contributed by atoms with Crippen LogP contribution in [0.1, 0.15) is 19.0 Å². The number of halogens is 1. The van der Waals surface area contributed by atoms with Gasteiger partial charge < -0.3 is 15.0 Å². The van der Waals surface area contributed by atoms with E-state index >= 15 is 0 Å². The summed E-state index contributed by atoms with van der Waals surface area (Å²) in [5, 5.41) is 5.99. The van der Waals surface area contributed by atoms with Gasteiger partial charge in [0.15, 0.2) is 0 Å². The van der Waals surface area contributed by atoms with E-state index in [0.717, 1.165) is 56.0 Å². The molecule has 0 atom stereocenters. The highest BCUT2D eigenvalue weighted by molar-refractivity contribution is 5.97. The highest BCUT2D eigenvalue weighted by Crippen LogP contribution is 2.34. The summed E-state index contributed by atoms with van der Waals surface area (Å²) in [6.07, 6.45) is 3.87. The summed E-state index contributed by atoms with van der Waals surface area (Å²) in [5.41, 5.74) is 4.51. The molecule has 1 aromatic carbocycles. The number of hydrogen-bond donors (Lipinski definition) is 3. The van der Waals surface area contributed by atoms with Gasteiger partial charge in [-0.2, -0.15) is 0 Å². The maximum absolute atomic E-state index is 14.7. The number of fused-ring (bicyclic) bond motifs is 1. The van der Waals surface area contributed by atoms with Crippen molar-refractivity contribution in [1.29, 1.82) is 0 Å². The fraction of sp³-hybridized carbons (Fsp3) is 0.308. The molecule has 0 radical (unpaired) electrons. The molecule has 36 heavy (non-hydrogen) atoms. The minimum atomic E-state index is -0.623. The molecular weight excluding hydrogens is 461 g/mol. The van der Waals surface area contributed by atoms with Crippen molar-refractivity contribution >= 4 is 23.1 Å². The average Bonchev–Trinajstić information content (AvgIpc) is 3.10. The predicted molar refractivity (Wildman–Crippen MR) is 136 cm³/mol. The number of carbonyl (C=O) groups excluding carboxylic acids is 1. The standard InChI is InChI=1S/C26H28FN7O2/c1-2-36-26(35)33-25-31-22-14-18(13-20(24(22)32-25)23-21(27)5-3-9-29-23)17-6-7-19(30-15-17)16-34-11-4-8-28-10-12-34/h3,5-7,9,13-15,28H,2,4,8,10-12,16H2,1H3,(H2,31,32,33,35). The second kappa shape index (κ2) is 10.8. The lowest BCUT2D eigenvalue weighted by molar-refractivity contribution is 0.167. The fourth-order valence-electron chi connectivity index (χ4n) is 4.35. The summed E-state index contributed by atoms with van der Waals surface area (Å²) in [5.74, 6) is -0.252. The summed E-state index contributed by atoms with van der Waals surface area (Å²) in [4.78, 5) is 30.8. The zero-order chi connectivity index (χ0) is 24.9. The van der Waals surface area contributed by atoms with E-state index in [1.165, 1.54) is 12.3 Å². The topological polar surface area (TPSA) is 108 Å². The minimum Gasteiger partial charge on any atom is -0.450 e. The van der Waals surface area contributed by atoms with Gasteiger partial charge >= 0.3 is 6.09 Å². The Morgan fingerprint density at radius 3 is 2.89 bits per heavy atom. The van der Waals surface area contributed by atoms with E-state index in [0.29, 0.717) is 16.6 Å². The molecule has 1 fully saturated rings. The first kappa shape index (κ1) is 23.8. The molecule has 3 aromatic heterocycles. The van der Waals surface area contributed by atoms with E-state index < -0.39 is 11.9 Å². The zero-order valence-corrected chi connectivity index (χ0v) is 20.1. The number of pyridine rings is 2. The number of imidazole rings is 1. The average molecular weight is 490 g/mol. The quantitative estimate of drug-likeness (QED) is 0.373. The number of aromatic amines is 1. The molecule has 0 unspecified atom stereocenters. The summed E-state index contributed by atoms with van der Waals surface area (Å²) < 4.78 is 19.7. The van der Waals surface area contributed by atoms with Crippen LogP contribution in [0, 0.1) is 5.82 Å². The van der Waals surface area contributed by atoms with Gasteiger partial charge in [0.25, 0.3) is 0 Å². The van der Waals surface area contributed by atoms with Crippen molar-refractivity contribution in [1.82, 2.24) is 30.2 Å². The number of hydrogen-bond acceptors (Lipinski definition) is 7. The third kappa shape index (κ3) is 5.34. The first-order valence-corrected chi connectivity index (χ1v) is 12.1. The van der Waals surface area contributed by atoms with E-state index in [4.69, 9.17) is 9.72 Å². The van der Waals surface area contributed by atoms with Crippen LogP contribution in [-0.4, -0.2) is 63.7 Å². The van der Waals surface area contributed by atoms with Gasteiger partial charge in [0.05, 0.1) is 17.8 Å². The number of H-pyrrole nitrogens is 1. The molecule has 1 amide bonds. The van der Waals surface area contributed by atoms with Gasteiger partial charge in [0, 0.05) is 43.2 Å². The summed E-state index contributed by atoms with van der Waals surface area (Å²) in [6, 6.07) is 10.7. The van der Waals surface area contributed by atoms with Gasteiger partial charge in [0.2, 0.25) is 5.95 Å². The molecule has 0 aliphatic carbocycles. The van der Waals surface area contributed by atoms with Gasteiger partial charge in [-0.15, -0.1) is 0 Å². The largest absolute Gasteiger partial charge is 0.450 e. The smallest absolute Gasteiger partial charge is 0.413 e. The molecule has 3 N–H and O–H groups in total. The van der Waals surface area contributed by atoms with Crippen molar-refractivity contribution in [2.24, 2.45) is 0 Å². The minimum absolute atomic E-state index is 0.179. The summed E-state index contributed by atoms with van der Waals surface area (Å²) >= 11 is 0. The number of nitrogens with one attached hydrogen (secondary N) is 3. The highest BCUT2D eigenvalue weighted by atomic mass is 19.1. The normalized spacial score (nSPS) is 14.5. The van der Waals surface area contributed by atoms with E-state index in [2.05, 4.69) is 30.5 Å². The van der Waals surface area contributed by atoms with Crippen LogP contribution >= 0.6 is 0 Å². The Morgan fingerprint density at radius 2 is 2.08 bits per heavy atom. The molecule has 10 heteroatoms. The maximum atomic E-state index is 14.7. The molecule has 1 saturated heterocycles. The van der Waals surface area contributed by atoms with Crippen molar-refractivity contribution in [3.63, 3.8) is 0 Å². The SMILES string of the molecule is CCOC(=O)Nc1nc2c(-c3ncccc3F)cc(-c3ccc(CN4CCCNCC4)nc3)cc2[nH]1. The third-order valence-electron chi connectivity index (χ3n) is 6.07. The van der Waals surface area contributed by atoms with Crippen LogP contribution in [0.2, 0.25) is 0 Å². The van der Waals surface area contributed by atoms with Crippen molar-refractivity contribution in [2.75, 3.05) is 38.1 Å². The van der Waals surface area contributed by atoms with Crippen LogP contribution in [0.3, 0.4) is 0 Å². The van der Waals surface area contributed by atoms with Gasteiger partial charge in [0.1, 0.15) is 17.0 Å². The Balaban J connectivity index is 1.49. The number of ether oxygens (including phenoxy) is 1. The predicted octanol–water partition coefficient (Wildman–Crippen LogP) is 4.19. The van der Waals surface area contributed by atoms with Crippen molar-refractivity contribution < 1.29 is 13.9 Å². The molecule has 1 aliphatic heterocycles. The van der Waals surface area contributed by atoms with E-state index in [9.17, 15) is 9.18 Å². The second-order valence-electron chi connectivity index (χ2n) is 8.60. The van der Waals surface area contributed by atoms with Crippen molar-refractivity contribution in [2.45, 2.75) is 19.9 Å². The number of nitrogens with zero attached hydrogens (tertiary/aromatic N) is 4. The monoisotopic (exact) mass is 489 g/mol. The molecule has 9 nitrogen and oxygen atoms in total. The number of rotatable bonds is 6. The molecule has 0 spiro atoms. The highest BCUT2D eigenvalue weighted by Gasteiger charge is 2.18. The fourth-order valence-corrected chi connectivity index (χ4v) is 4.35. The molecular formula is C26H28FN7O2. The van der Waals surface area contributed by atoms with E-state index in [1.54, 1.807) is 13.0 Å². The van der Waals surface area contributed by atoms with Crippen LogP contribution in [0.5, 0.6) is 0 Å². The van der Waals surface area contributed by atoms with Crippen LogP contribution in [0.15, 0.2) is 48.8 Å². The van der Waals surface area contributed by atoms with E-state index in [-0.39, 0.29) is 18.2 Å². The molecule has 4 aromatic rings. The number of carbonyl (C=O) groups is 1. The Kier molecular flexibility index (Phi) is 7.15.